The van der Waals surface area contributed by atoms with Crippen LogP contribution in [0.5, 0.6) is 0 Å². The van der Waals surface area contributed by atoms with Gasteiger partial charge >= 0.3 is 12.1 Å². The van der Waals surface area contributed by atoms with E-state index in [0.717, 1.165) is 19.6 Å². The van der Waals surface area contributed by atoms with Gasteiger partial charge in [0.15, 0.2) is 0 Å². The van der Waals surface area contributed by atoms with Gasteiger partial charge in [-0.3, -0.25) is 9.88 Å². The number of likely N-dealkylation sites (tertiary alicyclic amines) is 1. The first-order chi connectivity index (χ1) is 12.5. The fraction of sp³-hybridized carbons (Fsp3) is 0.625. The molecule has 2 atom stereocenters. The van der Waals surface area contributed by atoms with Crippen LogP contribution in [0.4, 0.5) is 13.2 Å². The largest absolute Gasteiger partial charge is 0.490 e. The van der Waals surface area contributed by atoms with Gasteiger partial charge in [-0.1, -0.05) is 6.07 Å². The van der Waals surface area contributed by atoms with Crippen molar-refractivity contribution >= 4 is 16.0 Å². The summed E-state index contributed by atoms with van der Waals surface area (Å²) >= 11 is 0. The number of hydrogen-bond donors (Lipinski definition) is 1. The maximum absolute atomic E-state index is 11.9. The third-order valence-electron chi connectivity index (χ3n) is 4.66. The molecule has 0 saturated carbocycles. The van der Waals surface area contributed by atoms with Crippen LogP contribution in [0.2, 0.25) is 0 Å². The molecule has 1 N–H and O–H groups in total. The number of carboxylic acids is 1. The third-order valence-corrected chi connectivity index (χ3v) is 6.47. The Bertz CT molecular complexity index is 729. The van der Waals surface area contributed by atoms with Gasteiger partial charge in [-0.25, -0.2) is 17.5 Å². The van der Waals surface area contributed by atoms with Crippen molar-refractivity contribution in [1.82, 2.24) is 14.2 Å². The summed E-state index contributed by atoms with van der Waals surface area (Å²) in [5.74, 6) is -1.56. The quantitative estimate of drug-likeness (QED) is 0.809. The molecule has 3 heterocycles. The number of pyridine rings is 1. The highest BCUT2D eigenvalue weighted by atomic mass is 32.2. The molecule has 2 aliphatic heterocycles. The summed E-state index contributed by atoms with van der Waals surface area (Å²) < 4.78 is 57.2. The fourth-order valence-corrected chi connectivity index (χ4v) is 4.54. The molecular formula is C16H22F3N3O4S. The van der Waals surface area contributed by atoms with Gasteiger partial charge < -0.3 is 5.11 Å². The number of carbonyl (C=O) groups is 1. The highest BCUT2D eigenvalue weighted by molar-refractivity contribution is 7.89. The van der Waals surface area contributed by atoms with Gasteiger partial charge in [0.25, 0.3) is 0 Å². The van der Waals surface area contributed by atoms with E-state index >= 15 is 0 Å². The van der Waals surface area contributed by atoms with Gasteiger partial charge in [-0.05, 0) is 30.4 Å². The molecule has 0 bridgehead atoms. The first-order valence-corrected chi connectivity index (χ1v) is 10.0. The highest BCUT2D eigenvalue weighted by Gasteiger charge is 2.43. The van der Waals surface area contributed by atoms with E-state index in [2.05, 4.69) is 16.0 Å². The van der Waals surface area contributed by atoms with Crippen LogP contribution in [0.1, 0.15) is 12.5 Å². The summed E-state index contributed by atoms with van der Waals surface area (Å²) in [6.45, 7) is 6.03. The molecule has 3 rings (SSSR count). The normalized spacial score (nSPS) is 23.6. The molecule has 0 aliphatic carbocycles. The first kappa shape index (κ1) is 21.6. The third kappa shape index (κ3) is 5.88. The van der Waals surface area contributed by atoms with Crippen molar-refractivity contribution in [3.05, 3.63) is 30.1 Å². The lowest BCUT2D eigenvalue weighted by Gasteiger charge is -2.20. The highest BCUT2D eigenvalue weighted by Crippen LogP contribution is 2.33. The summed E-state index contributed by atoms with van der Waals surface area (Å²) in [6.07, 6.45) is -1.39. The average Bonchev–Trinajstić information content (AvgIpc) is 3.14. The number of halogens is 3. The van der Waals surface area contributed by atoms with Gasteiger partial charge in [0.1, 0.15) is 0 Å². The number of sulfonamides is 1. The van der Waals surface area contributed by atoms with Gasteiger partial charge in [-0.2, -0.15) is 13.2 Å². The van der Waals surface area contributed by atoms with Gasteiger partial charge in [0, 0.05) is 45.1 Å². The van der Waals surface area contributed by atoms with Crippen LogP contribution in [0.25, 0.3) is 0 Å². The zero-order chi connectivity index (χ0) is 20.2. The van der Waals surface area contributed by atoms with Crippen LogP contribution >= 0.6 is 0 Å². The molecular weight excluding hydrogens is 387 g/mol. The Morgan fingerprint density at radius 2 is 1.81 bits per heavy atom. The average molecular weight is 409 g/mol. The topological polar surface area (TPSA) is 90.8 Å². The summed E-state index contributed by atoms with van der Waals surface area (Å²) in [6, 6.07) is 4.05. The SMILES string of the molecule is CCS(=O)(=O)N1CC2CN(Cc3cccnc3)CC2C1.O=C(O)C(F)(F)F. The van der Waals surface area contributed by atoms with Crippen molar-refractivity contribution in [1.29, 1.82) is 0 Å². The molecule has 27 heavy (non-hydrogen) atoms. The van der Waals surface area contributed by atoms with E-state index in [0.29, 0.717) is 24.9 Å². The lowest BCUT2D eigenvalue weighted by Crippen LogP contribution is -2.34. The molecule has 0 aromatic carbocycles. The monoisotopic (exact) mass is 409 g/mol. The number of rotatable bonds is 4. The molecule has 2 unspecified atom stereocenters. The Morgan fingerprint density at radius 1 is 1.26 bits per heavy atom. The number of nitrogens with zero attached hydrogens (tertiary/aromatic N) is 3. The van der Waals surface area contributed by atoms with E-state index < -0.39 is 22.2 Å². The minimum atomic E-state index is -5.08. The second kappa shape index (κ2) is 8.53. The van der Waals surface area contributed by atoms with Crippen LogP contribution in [0.3, 0.4) is 0 Å². The van der Waals surface area contributed by atoms with E-state index in [9.17, 15) is 21.6 Å². The van der Waals surface area contributed by atoms with E-state index in [4.69, 9.17) is 9.90 Å². The molecule has 0 radical (unpaired) electrons. The van der Waals surface area contributed by atoms with Crippen molar-refractivity contribution in [2.75, 3.05) is 31.9 Å². The molecule has 1 aromatic heterocycles. The van der Waals surface area contributed by atoms with Crippen molar-refractivity contribution in [2.24, 2.45) is 11.8 Å². The molecule has 0 spiro atoms. The zero-order valence-corrected chi connectivity index (χ0v) is 15.6. The molecule has 152 valence electrons. The number of aromatic nitrogens is 1. The van der Waals surface area contributed by atoms with Crippen LogP contribution in [-0.2, 0) is 21.4 Å². The Labute approximate surface area is 155 Å². The second-order valence-corrected chi connectivity index (χ2v) is 8.85. The van der Waals surface area contributed by atoms with Crippen molar-refractivity contribution in [3.63, 3.8) is 0 Å². The standard InChI is InChI=1S/C14H21N3O2S.C2HF3O2/c1-2-20(18,19)17-10-13-8-16(9-14(13)11-17)7-12-4-3-5-15-6-12;3-2(4,5)1(6)7/h3-6,13-14H,2,7-11H2,1H3;(H,6,7). The molecule has 2 saturated heterocycles. The van der Waals surface area contributed by atoms with Crippen LogP contribution in [0, 0.1) is 11.8 Å². The Balaban J connectivity index is 0.000000321. The van der Waals surface area contributed by atoms with E-state index in [1.165, 1.54) is 5.56 Å². The first-order valence-electron chi connectivity index (χ1n) is 8.42. The Hall–Kier alpha value is -1.72. The lowest BCUT2D eigenvalue weighted by atomic mass is 10.0. The number of alkyl halides is 3. The maximum Gasteiger partial charge on any atom is 0.490 e. The molecule has 7 nitrogen and oxygen atoms in total. The Morgan fingerprint density at radius 3 is 2.22 bits per heavy atom. The molecule has 2 fully saturated rings. The molecule has 1 aromatic rings. The van der Waals surface area contributed by atoms with Gasteiger partial charge in [0.2, 0.25) is 10.0 Å². The summed E-state index contributed by atoms with van der Waals surface area (Å²) in [5, 5.41) is 7.12. The minimum absolute atomic E-state index is 0.214. The van der Waals surface area contributed by atoms with E-state index in [1.807, 2.05) is 12.3 Å². The minimum Gasteiger partial charge on any atom is -0.475 e. The second-order valence-electron chi connectivity index (χ2n) is 6.60. The van der Waals surface area contributed by atoms with E-state index in [1.54, 1.807) is 17.4 Å². The summed E-state index contributed by atoms with van der Waals surface area (Å²) in [7, 11) is -3.01. The molecule has 2 aliphatic rings. The maximum atomic E-state index is 11.9. The van der Waals surface area contributed by atoms with Crippen LogP contribution in [-0.4, -0.2) is 71.8 Å². The zero-order valence-electron chi connectivity index (χ0n) is 14.8. The summed E-state index contributed by atoms with van der Waals surface area (Å²) in [5.41, 5.74) is 1.23. The summed E-state index contributed by atoms with van der Waals surface area (Å²) in [4.78, 5) is 15.5. The van der Waals surface area contributed by atoms with Crippen LogP contribution < -0.4 is 0 Å². The van der Waals surface area contributed by atoms with Crippen molar-refractivity contribution in [2.45, 2.75) is 19.6 Å². The number of aliphatic carboxylic acids is 1. The smallest absolute Gasteiger partial charge is 0.475 e. The number of carboxylic acid groups (broad SMARTS) is 1. The predicted molar refractivity (Wildman–Crippen MR) is 91.2 cm³/mol. The van der Waals surface area contributed by atoms with Crippen molar-refractivity contribution < 1.29 is 31.5 Å². The van der Waals surface area contributed by atoms with Crippen molar-refractivity contribution in [3.8, 4) is 0 Å². The number of hydrogen-bond acceptors (Lipinski definition) is 5. The Kier molecular flexibility index (Phi) is 6.82. The number of fused-ring (bicyclic) bond motifs is 1. The predicted octanol–water partition coefficient (Wildman–Crippen LogP) is 1.43. The molecule has 0 amide bonds. The fourth-order valence-electron chi connectivity index (χ4n) is 3.34. The van der Waals surface area contributed by atoms with Gasteiger partial charge in [0.05, 0.1) is 5.75 Å². The van der Waals surface area contributed by atoms with Gasteiger partial charge in [-0.15, -0.1) is 0 Å². The molecule has 11 heteroatoms. The van der Waals surface area contributed by atoms with Crippen LogP contribution in [0.15, 0.2) is 24.5 Å². The van der Waals surface area contributed by atoms with E-state index in [-0.39, 0.29) is 5.75 Å². The lowest BCUT2D eigenvalue weighted by molar-refractivity contribution is -0.192.